The lowest BCUT2D eigenvalue weighted by atomic mass is 10.2. The number of nitrogens with zero attached hydrogens (tertiary/aromatic N) is 1. The molecule has 0 radical (unpaired) electrons. The molecule has 0 atom stereocenters. The number of hydrogen-bond donors (Lipinski definition) is 2. The molecule has 0 unspecified atom stereocenters. The monoisotopic (exact) mass is 309 g/mol. The summed E-state index contributed by atoms with van der Waals surface area (Å²) < 4.78 is 28.8. The smallest absolute Gasteiger partial charge is 0.387 e. The molecule has 0 saturated heterocycles. The Balaban J connectivity index is 1.96. The van der Waals surface area contributed by atoms with E-state index >= 15 is 0 Å². The molecule has 0 amide bonds. The molecule has 1 aliphatic rings. The standard InChI is InChI=1S/C16H21F2N3O/c1-2-19-16(21-13-7-3-4-8-13)20-11-12-6-5-9-14(10-12)22-15(17)18/h3-6,9-10,13,15H,2,7-8,11H2,1H3,(H2,19,20,21). The number of hydrogen-bond acceptors (Lipinski definition) is 2. The lowest BCUT2D eigenvalue weighted by molar-refractivity contribution is -0.0498. The Hall–Kier alpha value is -2.11. The Morgan fingerprint density at radius 2 is 2.14 bits per heavy atom. The van der Waals surface area contributed by atoms with Gasteiger partial charge in [0.25, 0.3) is 0 Å². The number of benzene rings is 1. The molecule has 0 fully saturated rings. The maximum absolute atomic E-state index is 12.2. The van der Waals surface area contributed by atoms with Crippen molar-refractivity contribution in [2.24, 2.45) is 4.99 Å². The van der Waals surface area contributed by atoms with Crippen LogP contribution in [0.15, 0.2) is 41.4 Å². The fourth-order valence-corrected chi connectivity index (χ4v) is 2.24. The van der Waals surface area contributed by atoms with Crippen LogP contribution in [0.2, 0.25) is 0 Å². The van der Waals surface area contributed by atoms with Crippen LogP contribution in [-0.2, 0) is 6.54 Å². The van der Waals surface area contributed by atoms with Gasteiger partial charge in [0.15, 0.2) is 5.96 Å². The van der Waals surface area contributed by atoms with E-state index in [9.17, 15) is 8.78 Å². The number of aliphatic imine (C=N–C) groups is 1. The Labute approximate surface area is 129 Å². The molecule has 0 saturated carbocycles. The molecule has 22 heavy (non-hydrogen) atoms. The van der Waals surface area contributed by atoms with E-state index in [1.807, 2.05) is 13.0 Å². The van der Waals surface area contributed by atoms with Crippen molar-refractivity contribution in [2.75, 3.05) is 6.54 Å². The molecule has 0 spiro atoms. The minimum atomic E-state index is -2.81. The third-order valence-electron chi connectivity index (χ3n) is 3.24. The predicted molar refractivity (Wildman–Crippen MR) is 83.2 cm³/mol. The predicted octanol–water partition coefficient (Wildman–Crippen LogP) is 3.06. The molecule has 1 aliphatic carbocycles. The molecular formula is C16H21F2N3O. The van der Waals surface area contributed by atoms with Gasteiger partial charge in [0, 0.05) is 12.6 Å². The van der Waals surface area contributed by atoms with Gasteiger partial charge in [-0.05, 0) is 37.5 Å². The van der Waals surface area contributed by atoms with Crippen LogP contribution in [0, 0.1) is 0 Å². The maximum Gasteiger partial charge on any atom is 0.387 e. The molecule has 0 heterocycles. The first-order valence-corrected chi connectivity index (χ1v) is 7.41. The van der Waals surface area contributed by atoms with Crippen molar-refractivity contribution in [1.82, 2.24) is 10.6 Å². The van der Waals surface area contributed by atoms with Gasteiger partial charge < -0.3 is 15.4 Å². The number of guanidine groups is 1. The minimum Gasteiger partial charge on any atom is -0.435 e. The normalized spacial score (nSPS) is 15.4. The first-order valence-electron chi connectivity index (χ1n) is 7.41. The average Bonchev–Trinajstić information content (AvgIpc) is 2.98. The van der Waals surface area contributed by atoms with Crippen LogP contribution in [0.1, 0.15) is 25.3 Å². The molecule has 1 aromatic carbocycles. The zero-order chi connectivity index (χ0) is 15.8. The molecule has 0 aromatic heterocycles. The Bertz CT molecular complexity index is 524. The molecule has 2 N–H and O–H groups in total. The molecule has 6 heteroatoms. The fourth-order valence-electron chi connectivity index (χ4n) is 2.24. The van der Waals surface area contributed by atoms with E-state index in [1.54, 1.807) is 12.1 Å². The zero-order valence-corrected chi connectivity index (χ0v) is 12.6. The quantitative estimate of drug-likeness (QED) is 0.482. The van der Waals surface area contributed by atoms with Gasteiger partial charge in [0.2, 0.25) is 0 Å². The Morgan fingerprint density at radius 3 is 2.82 bits per heavy atom. The molecule has 2 rings (SSSR count). The van der Waals surface area contributed by atoms with Crippen molar-refractivity contribution < 1.29 is 13.5 Å². The molecule has 0 aliphatic heterocycles. The van der Waals surface area contributed by atoms with E-state index in [2.05, 4.69) is 32.5 Å². The van der Waals surface area contributed by atoms with Gasteiger partial charge in [-0.2, -0.15) is 8.78 Å². The highest BCUT2D eigenvalue weighted by molar-refractivity contribution is 5.80. The summed E-state index contributed by atoms with van der Waals surface area (Å²) in [5.41, 5.74) is 0.819. The van der Waals surface area contributed by atoms with Crippen molar-refractivity contribution in [3.8, 4) is 5.75 Å². The second-order valence-electron chi connectivity index (χ2n) is 5.01. The van der Waals surface area contributed by atoms with Crippen molar-refractivity contribution >= 4 is 5.96 Å². The van der Waals surface area contributed by atoms with Crippen molar-refractivity contribution in [3.63, 3.8) is 0 Å². The third kappa shape index (κ3) is 5.35. The summed E-state index contributed by atoms with van der Waals surface area (Å²) in [6.45, 7) is 0.352. The Morgan fingerprint density at radius 1 is 1.36 bits per heavy atom. The third-order valence-corrected chi connectivity index (χ3v) is 3.24. The van der Waals surface area contributed by atoms with Crippen LogP contribution in [0.3, 0.4) is 0 Å². The highest BCUT2D eigenvalue weighted by Crippen LogP contribution is 2.16. The van der Waals surface area contributed by atoms with E-state index in [0.717, 1.165) is 30.9 Å². The lowest BCUT2D eigenvalue weighted by Crippen LogP contribution is -2.42. The van der Waals surface area contributed by atoms with Crippen LogP contribution in [0.5, 0.6) is 5.75 Å². The van der Waals surface area contributed by atoms with Gasteiger partial charge in [0.05, 0.1) is 6.54 Å². The number of rotatable bonds is 6. The number of alkyl halides is 2. The fraction of sp³-hybridized carbons (Fsp3) is 0.438. The van der Waals surface area contributed by atoms with Gasteiger partial charge in [-0.25, -0.2) is 4.99 Å². The maximum atomic E-state index is 12.2. The first kappa shape index (κ1) is 16.3. The van der Waals surface area contributed by atoms with Gasteiger partial charge in [-0.1, -0.05) is 24.3 Å². The summed E-state index contributed by atoms with van der Waals surface area (Å²) in [5, 5.41) is 6.55. The van der Waals surface area contributed by atoms with Crippen LogP contribution in [0.25, 0.3) is 0 Å². The average molecular weight is 309 g/mol. The van der Waals surface area contributed by atoms with E-state index in [4.69, 9.17) is 0 Å². The highest BCUT2D eigenvalue weighted by atomic mass is 19.3. The molecule has 0 bridgehead atoms. The van der Waals surface area contributed by atoms with Crippen LogP contribution in [-0.4, -0.2) is 25.2 Å². The van der Waals surface area contributed by atoms with Gasteiger partial charge in [-0.3, -0.25) is 0 Å². The molecule has 120 valence electrons. The van der Waals surface area contributed by atoms with Gasteiger partial charge in [-0.15, -0.1) is 0 Å². The summed E-state index contributed by atoms with van der Waals surface area (Å²) in [6, 6.07) is 6.97. The zero-order valence-electron chi connectivity index (χ0n) is 12.6. The van der Waals surface area contributed by atoms with E-state index in [0.29, 0.717) is 12.6 Å². The Kier molecular flexibility index (Phi) is 6.18. The molecular weight excluding hydrogens is 288 g/mol. The SMILES string of the molecule is CCNC(=NCc1cccc(OC(F)F)c1)NC1CC=CC1. The van der Waals surface area contributed by atoms with Crippen LogP contribution in [0.4, 0.5) is 8.78 Å². The highest BCUT2D eigenvalue weighted by Gasteiger charge is 2.11. The molecule has 1 aromatic rings. The number of halogens is 2. The van der Waals surface area contributed by atoms with Crippen LogP contribution >= 0.6 is 0 Å². The van der Waals surface area contributed by atoms with Gasteiger partial charge >= 0.3 is 6.61 Å². The summed E-state index contributed by atoms with van der Waals surface area (Å²) in [7, 11) is 0. The lowest BCUT2D eigenvalue weighted by Gasteiger charge is -2.16. The minimum absolute atomic E-state index is 0.153. The number of ether oxygens (including phenoxy) is 1. The molecule has 4 nitrogen and oxygen atoms in total. The first-order chi connectivity index (χ1) is 10.7. The number of nitrogens with one attached hydrogen (secondary N) is 2. The van der Waals surface area contributed by atoms with E-state index < -0.39 is 6.61 Å². The van der Waals surface area contributed by atoms with Crippen molar-refractivity contribution in [1.29, 1.82) is 0 Å². The topological polar surface area (TPSA) is 45.7 Å². The van der Waals surface area contributed by atoms with Gasteiger partial charge in [0.1, 0.15) is 5.75 Å². The van der Waals surface area contributed by atoms with E-state index in [1.165, 1.54) is 6.07 Å². The largest absolute Gasteiger partial charge is 0.435 e. The summed E-state index contributed by atoms with van der Waals surface area (Å²) in [4.78, 5) is 4.49. The van der Waals surface area contributed by atoms with Crippen molar-refractivity contribution in [3.05, 3.63) is 42.0 Å². The second kappa shape index (κ2) is 8.36. The van der Waals surface area contributed by atoms with Crippen LogP contribution < -0.4 is 15.4 Å². The van der Waals surface area contributed by atoms with E-state index in [-0.39, 0.29) is 5.75 Å². The second-order valence-corrected chi connectivity index (χ2v) is 5.01. The summed E-state index contributed by atoms with van der Waals surface area (Å²) in [5.74, 6) is 0.886. The van der Waals surface area contributed by atoms with Crippen molar-refractivity contribution in [2.45, 2.75) is 39.0 Å². The summed E-state index contributed by atoms with van der Waals surface area (Å²) in [6.07, 6.45) is 6.27. The summed E-state index contributed by atoms with van der Waals surface area (Å²) >= 11 is 0.